The summed E-state index contributed by atoms with van der Waals surface area (Å²) in [5, 5.41) is 7.61. The zero-order valence-electron chi connectivity index (χ0n) is 10.3. The van der Waals surface area contributed by atoms with Crippen LogP contribution >= 0.6 is 0 Å². The van der Waals surface area contributed by atoms with E-state index in [9.17, 15) is 0 Å². The number of likely N-dealkylation sites (N-methyl/N-ethyl adjacent to an activating group) is 1. The van der Waals surface area contributed by atoms with Crippen molar-refractivity contribution < 1.29 is 0 Å². The Kier molecular flexibility index (Phi) is 3.28. The number of rotatable bonds is 2. The highest BCUT2D eigenvalue weighted by Crippen LogP contribution is 2.23. The summed E-state index contributed by atoms with van der Waals surface area (Å²) in [6.45, 7) is 5.18. The van der Waals surface area contributed by atoms with Gasteiger partial charge in [-0.05, 0) is 20.0 Å². The van der Waals surface area contributed by atoms with Crippen molar-refractivity contribution in [2.24, 2.45) is 5.73 Å². The predicted octanol–water partition coefficient (Wildman–Crippen LogP) is 0.506. The van der Waals surface area contributed by atoms with E-state index in [1.54, 1.807) is 12.4 Å². The number of amidine groups is 1. The first-order valence-electron chi connectivity index (χ1n) is 5.83. The van der Waals surface area contributed by atoms with Crippen molar-refractivity contribution >= 4 is 11.5 Å². The van der Waals surface area contributed by atoms with Crippen LogP contribution in [-0.4, -0.2) is 48.4 Å². The molecule has 0 aromatic carbocycles. The Hall–Kier alpha value is -1.62. The van der Waals surface area contributed by atoms with Gasteiger partial charge in [0, 0.05) is 37.4 Å². The molecule has 92 valence electrons. The number of hydrogen-bond donors (Lipinski definition) is 2. The molecule has 17 heavy (non-hydrogen) atoms. The molecule has 1 aromatic heterocycles. The zero-order chi connectivity index (χ0) is 12.4. The third-order valence-electron chi connectivity index (χ3n) is 3.23. The quantitative estimate of drug-likeness (QED) is 0.577. The molecular formula is C12H19N5. The maximum atomic E-state index is 7.61. The fraction of sp³-hybridized carbons (Fsp3) is 0.500. The monoisotopic (exact) mass is 233 g/mol. The first kappa shape index (κ1) is 11.9. The second-order valence-corrected chi connectivity index (χ2v) is 4.61. The number of pyridine rings is 1. The van der Waals surface area contributed by atoms with Crippen molar-refractivity contribution in [3.8, 4) is 0 Å². The molecule has 0 radical (unpaired) electrons. The second-order valence-electron chi connectivity index (χ2n) is 4.61. The minimum atomic E-state index is 0.105. The number of piperazine rings is 1. The van der Waals surface area contributed by atoms with Crippen LogP contribution in [0.25, 0.3) is 0 Å². The SMILES string of the molecule is CC1CN(C)CCN1c1cnccc1C(=N)N. The number of nitrogens with two attached hydrogens (primary N) is 1. The average molecular weight is 233 g/mol. The standard InChI is InChI=1S/C12H19N5/c1-9-8-16(2)5-6-17(9)11-7-15-4-3-10(11)12(13)14/h3-4,7,9H,5-6,8H2,1-2H3,(H3,13,14). The highest BCUT2D eigenvalue weighted by Gasteiger charge is 2.24. The van der Waals surface area contributed by atoms with Crippen LogP contribution in [0.3, 0.4) is 0 Å². The van der Waals surface area contributed by atoms with E-state index in [4.69, 9.17) is 11.1 Å². The smallest absolute Gasteiger partial charge is 0.125 e. The van der Waals surface area contributed by atoms with Gasteiger partial charge in [-0.15, -0.1) is 0 Å². The summed E-state index contributed by atoms with van der Waals surface area (Å²) >= 11 is 0. The van der Waals surface area contributed by atoms with Crippen LogP contribution in [0.5, 0.6) is 0 Å². The minimum Gasteiger partial charge on any atom is -0.384 e. The number of nitrogens with one attached hydrogen (secondary N) is 1. The van der Waals surface area contributed by atoms with Crippen molar-refractivity contribution in [2.75, 3.05) is 31.6 Å². The van der Waals surface area contributed by atoms with Crippen LogP contribution in [0.15, 0.2) is 18.5 Å². The molecule has 1 fully saturated rings. The summed E-state index contributed by atoms with van der Waals surface area (Å²) in [5.41, 5.74) is 7.36. The lowest BCUT2D eigenvalue weighted by molar-refractivity contribution is 0.275. The van der Waals surface area contributed by atoms with Gasteiger partial charge in [-0.1, -0.05) is 0 Å². The Morgan fingerprint density at radius 2 is 2.29 bits per heavy atom. The molecule has 3 N–H and O–H groups in total. The van der Waals surface area contributed by atoms with E-state index in [1.165, 1.54) is 0 Å². The van der Waals surface area contributed by atoms with Gasteiger partial charge in [-0.2, -0.15) is 0 Å². The van der Waals surface area contributed by atoms with Crippen LogP contribution in [-0.2, 0) is 0 Å². The molecule has 2 rings (SSSR count). The van der Waals surface area contributed by atoms with Gasteiger partial charge in [0.05, 0.1) is 11.9 Å². The molecule has 0 aliphatic carbocycles. The van der Waals surface area contributed by atoms with Gasteiger partial charge in [-0.3, -0.25) is 10.4 Å². The molecule has 1 aliphatic heterocycles. The predicted molar refractivity (Wildman–Crippen MR) is 69.6 cm³/mol. The van der Waals surface area contributed by atoms with E-state index >= 15 is 0 Å². The van der Waals surface area contributed by atoms with E-state index in [0.717, 1.165) is 30.9 Å². The number of aromatic nitrogens is 1. The van der Waals surface area contributed by atoms with Crippen molar-refractivity contribution in [2.45, 2.75) is 13.0 Å². The third kappa shape index (κ3) is 2.39. The lowest BCUT2D eigenvalue weighted by atomic mass is 10.1. The first-order chi connectivity index (χ1) is 8.09. The molecule has 5 heteroatoms. The summed E-state index contributed by atoms with van der Waals surface area (Å²) in [6, 6.07) is 2.22. The Bertz CT molecular complexity index is 417. The Morgan fingerprint density at radius 3 is 2.94 bits per heavy atom. The highest BCUT2D eigenvalue weighted by atomic mass is 15.3. The van der Waals surface area contributed by atoms with E-state index in [0.29, 0.717) is 6.04 Å². The van der Waals surface area contributed by atoms with Crippen LogP contribution in [0.4, 0.5) is 5.69 Å². The average Bonchev–Trinajstić information content (AvgIpc) is 2.29. The van der Waals surface area contributed by atoms with E-state index in [1.807, 2.05) is 6.07 Å². The van der Waals surface area contributed by atoms with Gasteiger partial charge in [0.1, 0.15) is 5.84 Å². The molecular weight excluding hydrogens is 214 g/mol. The van der Waals surface area contributed by atoms with Crippen LogP contribution in [0.1, 0.15) is 12.5 Å². The molecule has 0 bridgehead atoms. The molecule has 2 heterocycles. The van der Waals surface area contributed by atoms with Crippen molar-refractivity contribution in [3.63, 3.8) is 0 Å². The topological polar surface area (TPSA) is 69.2 Å². The van der Waals surface area contributed by atoms with Crippen LogP contribution in [0, 0.1) is 5.41 Å². The molecule has 1 unspecified atom stereocenters. The molecule has 1 aromatic rings. The van der Waals surface area contributed by atoms with Gasteiger partial charge >= 0.3 is 0 Å². The molecule has 0 saturated carbocycles. The summed E-state index contributed by atoms with van der Waals surface area (Å²) in [4.78, 5) is 8.74. The second kappa shape index (κ2) is 4.71. The lowest BCUT2D eigenvalue weighted by Crippen LogP contribution is -2.51. The van der Waals surface area contributed by atoms with Crippen molar-refractivity contribution in [1.29, 1.82) is 5.41 Å². The number of hydrogen-bond acceptors (Lipinski definition) is 4. The molecule has 0 amide bonds. The normalized spacial score (nSPS) is 21.5. The largest absolute Gasteiger partial charge is 0.384 e. The Labute approximate surface area is 102 Å². The van der Waals surface area contributed by atoms with E-state index < -0.39 is 0 Å². The number of nitrogen functional groups attached to an aromatic ring is 1. The van der Waals surface area contributed by atoms with Crippen molar-refractivity contribution in [1.82, 2.24) is 9.88 Å². The highest BCUT2D eigenvalue weighted by molar-refractivity contribution is 6.00. The minimum absolute atomic E-state index is 0.105. The van der Waals surface area contributed by atoms with Gasteiger partial charge in [0.25, 0.3) is 0 Å². The Morgan fingerprint density at radius 1 is 1.53 bits per heavy atom. The van der Waals surface area contributed by atoms with Crippen LogP contribution < -0.4 is 10.6 Å². The van der Waals surface area contributed by atoms with Gasteiger partial charge < -0.3 is 15.5 Å². The van der Waals surface area contributed by atoms with Crippen molar-refractivity contribution in [3.05, 3.63) is 24.0 Å². The van der Waals surface area contributed by atoms with Crippen LogP contribution in [0.2, 0.25) is 0 Å². The van der Waals surface area contributed by atoms with E-state index in [-0.39, 0.29) is 5.84 Å². The third-order valence-corrected chi connectivity index (χ3v) is 3.23. The summed E-state index contributed by atoms with van der Waals surface area (Å²) in [7, 11) is 2.13. The van der Waals surface area contributed by atoms with Gasteiger partial charge in [0.2, 0.25) is 0 Å². The summed E-state index contributed by atoms with van der Waals surface area (Å²) in [6.07, 6.45) is 3.49. The maximum absolute atomic E-state index is 7.61. The number of nitrogens with zero attached hydrogens (tertiary/aromatic N) is 3. The van der Waals surface area contributed by atoms with Gasteiger partial charge in [0.15, 0.2) is 0 Å². The molecule has 1 saturated heterocycles. The number of anilines is 1. The molecule has 1 aliphatic rings. The maximum Gasteiger partial charge on any atom is 0.125 e. The molecule has 1 atom stereocenters. The Balaban J connectivity index is 2.30. The molecule has 5 nitrogen and oxygen atoms in total. The fourth-order valence-electron chi connectivity index (χ4n) is 2.34. The van der Waals surface area contributed by atoms with Gasteiger partial charge in [-0.25, -0.2) is 0 Å². The molecule has 0 spiro atoms. The first-order valence-corrected chi connectivity index (χ1v) is 5.83. The zero-order valence-corrected chi connectivity index (χ0v) is 10.3. The summed E-state index contributed by atoms with van der Waals surface area (Å²) in [5.74, 6) is 0.105. The fourth-order valence-corrected chi connectivity index (χ4v) is 2.34. The lowest BCUT2D eigenvalue weighted by Gasteiger charge is -2.40. The summed E-state index contributed by atoms with van der Waals surface area (Å²) < 4.78 is 0. The van der Waals surface area contributed by atoms with E-state index in [2.05, 4.69) is 28.8 Å².